The van der Waals surface area contributed by atoms with Gasteiger partial charge in [0.1, 0.15) is 29.5 Å². The van der Waals surface area contributed by atoms with Crippen molar-refractivity contribution in [2.75, 3.05) is 49.7 Å². The lowest BCUT2D eigenvalue weighted by atomic mass is 10.2. The number of carbonyl (C=O) groups is 7. The molecule has 390 valence electrons. The number of benzene rings is 4. The number of ether oxygens (including phenoxy) is 2. The molecule has 8 amide bonds. The number of amides is 8. The lowest BCUT2D eigenvalue weighted by Crippen LogP contribution is -2.47. The second-order valence-electron chi connectivity index (χ2n) is 14.7. The molecule has 0 aromatic heterocycles. The summed E-state index contributed by atoms with van der Waals surface area (Å²) in [6.45, 7) is 1.08. The molecule has 7 rings (SSSR count). The zero-order valence-corrected chi connectivity index (χ0v) is 42.2. The number of nitrogens with two attached hydrogens (primary N) is 1. The predicted molar refractivity (Wildman–Crippen MR) is 295 cm³/mol. The Morgan fingerprint density at radius 2 is 1.21 bits per heavy atom. The molecule has 0 spiro atoms. The van der Waals surface area contributed by atoms with Gasteiger partial charge < -0.3 is 31.2 Å². The first-order valence-electron chi connectivity index (χ1n) is 20.9. The number of hydrogen-bond acceptors (Lipinski definition) is 14. The van der Waals surface area contributed by atoms with Crippen molar-refractivity contribution in [3.8, 4) is 0 Å². The Bertz CT molecular complexity index is 2230. The fourth-order valence-electron chi connectivity index (χ4n) is 6.61. The maximum Gasteiger partial charge on any atom is 0.329 e. The maximum atomic E-state index is 12.8. The van der Waals surface area contributed by atoms with Crippen LogP contribution in [-0.4, -0.2) is 130 Å². The van der Waals surface area contributed by atoms with E-state index >= 15 is 0 Å². The molecule has 0 aliphatic carbocycles. The van der Waals surface area contributed by atoms with E-state index in [-0.39, 0.29) is 82.0 Å². The van der Waals surface area contributed by atoms with E-state index in [0.717, 1.165) is 22.3 Å². The first-order valence-corrected chi connectivity index (χ1v) is 25.4. The van der Waals surface area contributed by atoms with Crippen LogP contribution in [0.25, 0.3) is 0 Å². The SMILES string of the molecule is C.C.C.COC(=O)[C@@H](N)CSC.COC(=O)[C@H](CSC)NC(=O)NCc1ccccc1.Cl.O=C1N[C@@H](CS)C(=O)N1Cc1ccccc1.O=C1[C@@H]2CS[C@@H](c3ccccc3)N2C(=O)N1Cc1ccccc1. The van der Waals surface area contributed by atoms with Crippen LogP contribution in [0, 0.1) is 0 Å². The quantitative estimate of drug-likeness (QED) is 0.0437. The zero-order valence-electron chi connectivity index (χ0n) is 38.1. The van der Waals surface area contributed by atoms with Gasteiger partial charge in [-0.3, -0.25) is 29.1 Å². The van der Waals surface area contributed by atoms with E-state index in [1.54, 1.807) is 16.7 Å². The molecule has 3 heterocycles. The summed E-state index contributed by atoms with van der Waals surface area (Å²) in [7, 11) is 2.64. The minimum Gasteiger partial charge on any atom is -0.468 e. The van der Waals surface area contributed by atoms with Crippen molar-refractivity contribution in [1.29, 1.82) is 0 Å². The Balaban J connectivity index is 0.000000942. The molecular formula is C50H70ClN7O9S4. The number of hydrogen-bond donors (Lipinski definition) is 5. The summed E-state index contributed by atoms with van der Waals surface area (Å²) in [5.74, 6) is 1.02. The van der Waals surface area contributed by atoms with Gasteiger partial charge in [0.05, 0.1) is 27.3 Å². The van der Waals surface area contributed by atoms with Gasteiger partial charge in [-0.25, -0.2) is 19.2 Å². The van der Waals surface area contributed by atoms with Crippen molar-refractivity contribution < 1.29 is 43.0 Å². The number of thioether (sulfide) groups is 3. The minimum atomic E-state index is -0.629. The fourth-order valence-corrected chi connectivity index (χ4v) is 9.32. The average molecular weight is 1080 g/mol. The maximum absolute atomic E-state index is 12.8. The number of fused-ring (bicyclic) bond motifs is 1. The van der Waals surface area contributed by atoms with Crippen molar-refractivity contribution in [2.45, 2.75) is 71.5 Å². The van der Waals surface area contributed by atoms with Gasteiger partial charge in [0.2, 0.25) is 0 Å². The number of urea groups is 3. The molecular weight excluding hydrogens is 1010 g/mol. The molecule has 16 nitrogen and oxygen atoms in total. The fraction of sp³-hybridized carbons (Fsp3) is 0.380. The third-order valence-electron chi connectivity index (χ3n) is 10.0. The number of imide groups is 2. The summed E-state index contributed by atoms with van der Waals surface area (Å²) in [4.78, 5) is 86.7. The number of methoxy groups -OCH3 is 2. The number of rotatable bonds is 15. The van der Waals surface area contributed by atoms with Crippen LogP contribution < -0.4 is 21.7 Å². The Morgan fingerprint density at radius 1 is 0.732 bits per heavy atom. The highest BCUT2D eigenvalue weighted by Crippen LogP contribution is 2.45. The zero-order chi connectivity index (χ0) is 48.7. The van der Waals surface area contributed by atoms with Gasteiger partial charge in [0, 0.05) is 29.6 Å². The van der Waals surface area contributed by atoms with E-state index in [1.165, 1.54) is 47.5 Å². The Morgan fingerprint density at radius 3 is 1.68 bits per heavy atom. The topological polar surface area (TPSA) is 210 Å². The van der Waals surface area contributed by atoms with Gasteiger partial charge in [0.25, 0.3) is 11.8 Å². The summed E-state index contributed by atoms with van der Waals surface area (Å²) in [5, 5.41) is 7.81. The smallest absolute Gasteiger partial charge is 0.329 e. The van der Waals surface area contributed by atoms with E-state index in [1.807, 2.05) is 134 Å². The number of thiol groups is 1. The molecule has 71 heavy (non-hydrogen) atoms. The number of halogens is 1. The highest BCUT2D eigenvalue weighted by atomic mass is 35.5. The largest absolute Gasteiger partial charge is 0.468 e. The Kier molecular flexibility index (Phi) is 32.2. The highest BCUT2D eigenvalue weighted by Gasteiger charge is 2.52. The van der Waals surface area contributed by atoms with Gasteiger partial charge >= 0.3 is 30.0 Å². The average Bonchev–Trinajstić information content (AvgIpc) is 4.00. The van der Waals surface area contributed by atoms with Gasteiger partial charge in [0.15, 0.2) is 0 Å². The summed E-state index contributed by atoms with van der Waals surface area (Å²) in [6.07, 6.45) is 3.75. The van der Waals surface area contributed by atoms with Gasteiger partial charge in [-0.05, 0) is 34.8 Å². The van der Waals surface area contributed by atoms with Crippen molar-refractivity contribution in [3.05, 3.63) is 144 Å². The van der Waals surface area contributed by atoms with Crippen LogP contribution in [0.2, 0.25) is 0 Å². The molecule has 0 radical (unpaired) electrons. The third kappa shape index (κ3) is 20.0. The van der Waals surface area contributed by atoms with Crippen LogP contribution >= 0.6 is 60.3 Å². The number of nitrogens with zero attached hydrogens (tertiary/aromatic N) is 3. The molecule has 4 aromatic rings. The minimum absolute atomic E-state index is 0. The van der Waals surface area contributed by atoms with Gasteiger partial charge in [-0.1, -0.05) is 144 Å². The number of carbonyl (C=O) groups excluding carboxylic acids is 7. The molecule has 3 aliphatic rings. The van der Waals surface area contributed by atoms with Gasteiger partial charge in [-0.2, -0.15) is 36.2 Å². The lowest BCUT2D eigenvalue weighted by molar-refractivity contribution is -0.142. The lowest BCUT2D eigenvalue weighted by Gasteiger charge is -2.23. The third-order valence-corrected chi connectivity index (χ3v) is 13.1. The number of esters is 2. The van der Waals surface area contributed by atoms with Crippen molar-refractivity contribution in [1.82, 2.24) is 30.7 Å². The second kappa shape index (κ2) is 34.9. The molecule has 0 unspecified atom stereocenters. The van der Waals surface area contributed by atoms with E-state index in [4.69, 9.17) is 5.73 Å². The second-order valence-corrected chi connectivity index (χ2v) is 18.0. The normalized spacial score (nSPS) is 16.8. The summed E-state index contributed by atoms with van der Waals surface area (Å²) in [6, 6.07) is 35.7. The van der Waals surface area contributed by atoms with Crippen LogP contribution in [0.4, 0.5) is 14.4 Å². The molecule has 3 saturated heterocycles. The van der Waals surface area contributed by atoms with Gasteiger partial charge in [-0.15, -0.1) is 24.2 Å². The van der Waals surface area contributed by atoms with Crippen LogP contribution in [0.5, 0.6) is 0 Å². The summed E-state index contributed by atoms with van der Waals surface area (Å²) >= 11 is 8.68. The number of nitrogens with one attached hydrogen (secondary N) is 3. The van der Waals surface area contributed by atoms with Crippen molar-refractivity contribution >= 4 is 102 Å². The van der Waals surface area contributed by atoms with E-state index in [9.17, 15) is 33.6 Å². The molecule has 3 aliphatic heterocycles. The molecule has 0 bridgehead atoms. The van der Waals surface area contributed by atoms with Crippen LogP contribution in [0.15, 0.2) is 121 Å². The van der Waals surface area contributed by atoms with E-state index < -0.39 is 24.1 Å². The summed E-state index contributed by atoms with van der Waals surface area (Å²) < 4.78 is 9.02. The van der Waals surface area contributed by atoms with Crippen LogP contribution in [0.1, 0.15) is 49.9 Å². The predicted octanol–water partition coefficient (Wildman–Crippen LogP) is 7.87. The van der Waals surface area contributed by atoms with Crippen LogP contribution in [0.3, 0.4) is 0 Å². The molecule has 5 N–H and O–H groups in total. The first-order chi connectivity index (χ1) is 32.4. The highest BCUT2D eigenvalue weighted by molar-refractivity contribution is 7.99. The summed E-state index contributed by atoms with van der Waals surface area (Å²) in [5.41, 5.74) is 9.32. The monoisotopic (exact) mass is 1080 g/mol. The van der Waals surface area contributed by atoms with Crippen molar-refractivity contribution in [2.24, 2.45) is 5.73 Å². The standard InChI is InChI=1S/C18H16N2O2S.C13H18N2O3S.C11H12N2O2S.C5H11NO2S.3CH4.ClH/c21-16-15-12-23-17(14-9-5-2-6-10-14)20(15)18(22)19(16)11-13-7-3-1-4-8-13;1-18-12(16)11(9-19-2)15-13(17)14-8-10-6-4-3-5-7-10;14-10-9(7-16)12-11(15)13(10)6-8-4-2-1-3-5-8;1-8-5(7)4(6)3-9-2;;;;/h1-10,15,17H,11-12H2;3-7,11H,8-9H2,1-2H3,(H2,14,15,17);1-5,9,16H,6-7H2,(H,12,15);4H,3,6H2,1-2H3;3*1H4;1H/t15-,17-;11-;9-;4-;;;;/m0000..../s1. The molecule has 0 saturated carbocycles. The molecule has 4 aromatic carbocycles. The Labute approximate surface area is 443 Å². The Hall–Kier alpha value is -5.38. The first kappa shape index (κ1) is 65.6. The van der Waals surface area contributed by atoms with Crippen molar-refractivity contribution in [3.63, 3.8) is 0 Å². The van der Waals surface area contributed by atoms with E-state index in [0.29, 0.717) is 42.6 Å². The van der Waals surface area contributed by atoms with E-state index in [2.05, 4.69) is 38.1 Å². The molecule has 3 fully saturated rings. The van der Waals surface area contributed by atoms with Crippen LogP contribution in [-0.2, 0) is 48.3 Å². The molecule has 5 atom stereocenters. The molecule has 21 heteroatoms.